The van der Waals surface area contributed by atoms with Gasteiger partial charge in [-0.25, -0.2) is 4.98 Å². The Morgan fingerprint density at radius 3 is 3.20 bits per heavy atom. The van der Waals surface area contributed by atoms with Crippen LogP contribution in [0.5, 0.6) is 0 Å². The van der Waals surface area contributed by atoms with E-state index in [4.69, 9.17) is 11.0 Å². The highest BCUT2D eigenvalue weighted by molar-refractivity contribution is 7.99. The predicted molar refractivity (Wildman–Crippen MR) is 61.5 cm³/mol. The molecule has 1 aromatic carbocycles. The van der Waals surface area contributed by atoms with Gasteiger partial charge in [0, 0.05) is 17.9 Å². The van der Waals surface area contributed by atoms with E-state index in [1.54, 1.807) is 11.8 Å². The Balaban J connectivity index is 2.20. The van der Waals surface area contributed by atoms with E-state index < -0.39 is 0 Å². The van der Waals surface area contributed by atoms with E-state index in [1.807, 2.05) is 18.2 Å². The molecule has 5 heteroatoms. The summed E-state index contributed by atoms with van der Waals surface area (Å²) in [6, 6.07) is 7.67. The molecule has 0 spiro atoms. The van der Waals surface area contributed by atoms with Crippen LogP contribution in [0.1, 0.15) is 6.42 Å². The summed E-state index contributed by atoms with van der Waals surface area (Å²) in [6.45, 7) is 0. The fourth-order valence-electron chi connectivity index (χ4n) is 1.27. The third-order valence-corrected chi connectivity index (χ3v) is 2.81. The van der Waals surface area contributed by atoms with Crippen molar-refractivity contribution in [3.05, 3.63) is 18.2 Å². The summed E-state index contributed by atoms with van der Waals surface area (Å²) in [6.07, 6.45) is 0.532. The summed E-state index contributed by atoms with van der Waals surface area (Å²) < 4.78 is 0. The highest BCUT2D eigenvalue weighted by Gasteiger charge is 2.02. The maximum Gasteiger partial charge on any atom is 0.166 e. The Hall–Kier alpha value is -1.67. The molecular formula is C10H10N4S. The molecule has 76 valence electrons. The Kier molecular flexibility index (Phi) is 2.79. The second kappa shape index (κ2) is 4.24. The van der Waals surface area contributed by atoms with Gasteiger partial charge >= 0.3 is 0 Å². The van der Waals surface area contributed by atoms with Gasteiger partial charge in [-0.3, -0.25) is 0 Å². The number of rotatable bonds is 3. The molecule has 0 aliphatic rings. The van der Waals surface area contributed by atoms with Crippen molar-refractivity contribution in [1.29, 1.82) is 5.26 Å². The molecule has 15 heavy (non-hydrogen) atoms. The second-order valence-corrected chi connectivity index (χ2v) is 4.16. The van der Waals surface area contributed by atoms with Gasteiger partial charge in [0.05, 0.1) is 17.1 Å². The minimum absolute atomic E-state index is 0.532. The lowest BCUT2D eigenvalue weighted by Crippen LogP contribution is -1.82. The number of fused-ring (bicyclic) bond motifs is 1. The first kappa shape index (κ1) is 9.87. The third kappa shape index (κ3) is 2.22. The largest absolute Gasteiger partial charge is 0.399 e. The normalized spacial score (nSPS) is 10.3. The van der Waals surface area contributed by atoms with Crippen molar-refractivity contribution in [1.82, 2.24) is 9.97 Å². The van der Waals surface area contributed by atoms with E-state index in [0.29, 0.717) is 6.42 Å². The molecule has 2 aromatic rings. The molecule has 0 unspecified atom stereocenters. The van der Waals surface area contributed by atoms with E-state index in [1.165, 1.54) is 0 Å². The van der Waals surface area contributed by atoms with E-state index >= 15 is 0 Å². The summed E-state index contributed by atoms with van der Waals surface area (Å²) in [5, 5.41) is 9.25. The average molecular weight is 218 g/mol. The summed E-state index contributed by atoms with van der Waals surface area (Å²) in [7, 11) is 0. The first-order valence-corrected chi connectivity index (χ1v) is 5.53. The molecule has 0 aliphatic carbocycles. The first-order chi connectivity index (χ1) is 7.29. The van der Waals surface area contributed by atoms with Crippen molar-refractivity contribution >= 4 is 28.5 Å². The fraction of sp³-hybridized carbons (Fsp3) is 0.200. The van der Waals surface area contributed by atoms with Crippen LogP contribution in [0.3, 0.4) is 0 Å². The topological polar surface area (TPSA) is 78.5 Å². The maximum absolute atomic E-state index is 8.41. The van der Waals surface area contributed by atoms with Crippen molar-refractivity contribution in [2.24, 2.45) is 0 Å². The Morgan fingerprint density at radius 1 is 1.53 bits per heavy atom. The molecule has 1 aromatic heterocycles. The lowest BCUT2D eigenvalue weighted by molar-refractivity contribution is 1.07. The molecule has 0 radical (unpaired) electrons. The molecular weight excluding hydrogens is 208 g/mol. The zero-order valence-corrected chi connectivity index (χ0v) is 8.84. The highest BCUT2D eigenvalue weighted by Crippen LogP contribution is 2.21. The number of nitriles is 1. The Bertz CT molecular complexity index is 512. The fourth-order valence-corrected chi connectivity index (χ4v) is 2.00. The SMILES string of the molecule is N#CCCSc1nc2ccc(N)cc2[nH]1. The van der Waals surface area contributed by atoms with Crippen molar-refractivity contribution in [3.8, 4) is 6.07 Å². The molecule has 0 atom stereocenters. The summed E-state index contributed by atoms with van der Waals surface area (Å²) in [5.74, 6) is 0.756. The van der Waals surface area contributed by atoms with Gasteiger partial charge in [0.25, 0.3) is 0 Å². The summed E-state index contributed by atoms with van der Waals surface area (Å²) in [5.41, 5.74) is 8.22. The minimum Gasteiger partial charge on any atom is -0.399 e. The Morgan fingerprint density at radius 2 is 2.40 bits per heavy atom. The number of anilines is 1. The smallest absolute Gasteiger partial charge is 0.166 e. The third-order valence-electron chi connectivity index (χ3n) is 1.94. The number of aromatic amines is 1. The number of hydrogen-bond donors (Lipinski definition) is 2. The van der Waals surface area contributed by atoms with Crippen LogP contribution in [-0.2, 0) is 0 Å². The van der Waals surface area contributed by atoms with Crippen molar-refractivity contribution < 1.29 is 0 Å². The molecule has 0 bridgehead atoms. The van der Waals surface area contributed by atoms with Gasteiger partial charge in [-0.05, 0) is 18.2 Å². The number of imidazole rings is 1. The zero-order chi connectivity index (χ0) is 10.7. The van der Waals surface area contributed by atoms with Crippen LogP contribution < -0.4 is 5.73 Å². The standard InChI is InChI=1S/C10H10N4S/c11-4-1-5-15-10-13-8-3-2-7(12)6-9(8)14-10/h2-3,6H,1,5,12H2,(H,13,14). The summed E-state index contributed by atoms with van der Waals surface area (Å²) >= 11 is 1.55. The molecule has 4 nitrogen and oxygen atoms in total. The quantitative estimate of drug-likeness (QED) is 0.470. The first-order valence-electron chi connectivity index (χ1n) is 4.54. The summed E-state index contributed by atoms with van der Waals surface area (Å²) in [4.78, 5) is 7.53. The van der Waals surface area contributed by atoms with Gasteiger partial charge in [-0.15, -0.1) is 0 Å². The number of nitrogen functional groups attached to an aromatic ring is 1. The maximum atomic E-state index is 8.41. The van der Waals surface area contributed by atoms with Gasteiger partial charge in [-0.1, -0.05) is 11.8 Å². The van der Waals surface area contributed by atoms with Crippen LogP contribution in [-0.4, -0.2) is 15.7 Å². The number of nitrogens with zero attached hydrogens (tertiary/aromatic N) is 2. The van der Waals surface area contributed by atoms with Gasteiger partial charge in [0.15, 0.2) is 5.16 Å². The molecule has 0 saturated carbocycles. The molecule has 0 aliphatic heterocycles. The van der Waals surface area contributed by atoms with Crippen LogP contribution in [0.15, 0.2) is 23.4 Å². The number of aromatic nitrogens is 2. The molecule has 3 N–H and O–H groups in total. The number of nitrogens with two attached hydrogens (primary N) is 1. The monoisotopic (exact) mass is 218 g/mol. The van der Waals surface area contributed by atoms with Crippen LogP contribution in [0.4, 0.5) is 5.69 Å². The van der Waals surface area contributed by atoms with Crippen molar-refractivity contribution in [3.63, 3.8) is 0 Å². The van der Waals surface area contributed by atoms with Gasteiger partial charge < -0.3 is 10.7 Å². The predicted octanol–water partition coefficient (Wildman–Crippen LogP) is 2.15. The second-order valence-electron chi connectivity index (χ2n) is 3.08. The van der Waals surface area contributed by atoms with Crippen molar-refractivity contribution in [2.75, 3.05) is 11.5 Å². The number of H-pyrrole nitrogens is 1. The minimum atomic E-state index is 0.532. The highest BCUT2D eigenvalue weighted by atomic mass is 32.2. The van der Waals surface area contributed by atoms with Crippen LogP contribution in [0.25, 0.3) is 11.0 Å². The van der Waals surface area contributed by atoms with Gasteiger partial charge in [0.1, 0.15) is 0 Å². The van der Waals surface area contributed by atoms with E-state index in [0.717, 1.165) is 27.6 Å². The van der Waals surface area contributed by atoms with Crippen LogP contribution in [0, 0.1) is 11.3 Å². The van der Waals surface area contributed by atoms with Gasteiger partial charge in [0.2, 0.25) is 0 Å². The lowest BCUT2D eigenvalue weighted by atomic mass is 10.3. The molecule has 0 amide bonds. The molecule has 0 fully saturated rings. The zero-order valence-electron chi connectivity index (χ0n) is 8.03. The van der Waals surface area contributed by atoms with Gasteiger partial charge in [-0.2, -0.15) is 5.26 Å². The average Bonchev–Trinajstić information content (AvgIpc) is 2.60. The molecule has 0 saturated heterocycles. The van der Waals surface area contributed by atoms with Crippen molar-refractivity contribution in [2.45, 2.75) is 11.6 Å². The van der Waals surface area contributed by atoms with E-state index in [-0.39, 0.29) is 0 Å². The van der Waals surface area contributed by atoms with Crippen LogP contribution >= 0.6 is 11.8 Å². The molecule has 1 heterocycles. The van der Waals surface area contributed by atoms with Crippen LogP contribution in [0.2, 0.25) is 0 Å². The number of thioether (sulfide) groups is 1. The number of hydrogen-bond acceptors (Lipinski definition) is 4. The van der Waals surface area contributed by atoms with E-state index in [2.05, 4.69) is 16.0 Å². The number of nitrogens with one attached hydrogen (secondary N) is 1. The lowest BCUT2D eigenvalue weighted by Gasteiger charge is -1.90. The Labute approximate surface area is 91.5 Å². The number of benzene rings is 1. The van der Waals surface area contributed by atoms with E-state index in [9.17, 15) is 0 Å². The molecule has 2 rings (SSSR count).